The van der Waals surface area contributed by atoms with Crippen LogP contribution in [0.3, 0.4) is 0 Å². The molecule has 0 heterocycles. The monoisotopic (exact) mass is 317 g/mol. The Morgan fingerprint density at radius 3 is 2.32 bits per heavy atom. The number of hydrogen-bond donors (Lipinski definition) is 1. The molecule has 22 heavy (non-hydrogen) atoms. The number of hydrogen-bond acceptors (Lipinski definition) is 3. The third kappa shape index (κ3) is 4.86. The number of ether oxygens (including phenoxy) is 1. The Balaban J connectivity index is 1.97. The molecule has 2 N–H and O–H groups in total. The van der Waals surface area contributed by atoms with Gasteiger partial charge >= 0.3 is 5.97 Å². The van der Waals surface area contributed by atoms with Crippen LogP contribution < -0.4 is 5.73 Å². The Morgan fingerprint density at radius 2 is 1.73 bits per heavy atom. The van der Waals surface area contributed by atoms with Crippen molar-refractivity contribution in [2.75, 3.05) is 0 Å². The molecule has 0 aliphatic carbocycles. The zero-order valence-corrected chi connectivity index (χ0v) is 13.3. The lowest BCUT2D eigenvalue weighted by atomic mass is 9.93. The van der Waals surface area contributed by atoms with Crippen LogP contribution in [0.5, 0.6) is 0 Å². The van der Waals surface area contributed by atoms with E-state index in [2.05, 4.69) is 0 Å². The van der Waals surface area contributed by atoms with Crippen LogP contribution in [0.15, 0.2) is 54.6 Å². The average molecular weight is 318 g/mol. The van der Waals surface area contributed by atoms with Crippen LogP contribution >= 0.6 is 11.6 Å². The van der Waals surface area contributed by atoms with Crippen LogP contribution in [0, 0.1) is 5.92 Å². The minimum atomic E-state index is -0.370. The van der Waals surface area contributed by atoms with Gasteiger partial charge in [0, 0.05) is 11.1 Å². The molecule has 0 unspecified atom stereocenters. The molecule has 0 amide bonds. The Labute approximate surface area is 136 Å². The first-order valence-electron chi connectivity index (χ1n) is 7.27. The molecule has 0 radical (unpaired) electrons. The van der Waals surface area contributed by atoms with Crippen molar-refractivity contribution < 1.29 is 9.53 Å². The number of halogens is 1. The highest BCUT2D eigenvalue weighted by molar-refractivity contribution is 6.30. The molecule has 0 bridgehead atoms. The number of rotatable bonds is 6. The molecule has 0 fully saturated rings. The smallest absolute Gasteiger partial charge is 0.311 e. The summed E-state index contributed by atoms with van der Waals surface area (Å²) in [6.45, 7) is 2.09. The maximum Gasteiger partial charge on any atom is 0.311 e. The van der Waals surface area contributed by atoms with Crippen LogP contribution in [0.1, 0.15) is 18.1 Å². The van der Waals surface area contributed by atoms with Crippen molar-refractivity contribution in [2.24, 2.45) is 11.7 Å². The Hall–Kier alpha value is -1.84. The molecule has 0 aliphatic rings. The van der Waals surface area contributed by atoms with Crippen molar-refractivity contribution in [2.45, 2.75) is 26.0 Å². The Bertz CT molecular complexity index is 596. The highest BCUT2D eigenvalue weighted by Crippen LogP contribution is 2.17. The second-order valence-corrected chi connectivity index (χ2v) is 5.83. The second kappa shape index (κ2) is 7.97. The number of benzene rings is 2. The number of carbonyl (C=O) groups excluding carboxylic acids is 1. The summed E-state index contributed by atoms with van der Waals surface area (Å²) in [5.41, 5.74) is 7.94. The van der Waals surface area contributed by atoms with Crippen molar-refractivity contribution in [3.63, 3.8) is 0 Å². The lowest BCUT2D eigenvalue weighted by molar-refractivity contribution is -0.150. The van der Waals surface area contributed by atoms with E-state index in [1.165, 1.54) is 0 Å². The van der Waals surface area contributed by atoms with E-state index in [-0.39, 0.29) is 24.5 Å². The fourth-order valence-electron chi connectivity index (χ4n) is 2.19. The van der Waals surface area contributed by atoms with Gasteiger partial charge in [0.2, 0.25) is 0 Å². The van der Waals surface area contributed by atoms with Crippen LogP contribution in [-0.2, 0) is 22.6 Å². The van der Waals surface area contributed by atoms with Crippen molar-refractivity contribution in [3.05, 3.63) is 70.7 Å². The molecular weight excluding hydrogens is 298 g/mol. The molecule has 2 aromatic carbocycles. The summed E-state index contributed by atoms with van der Waals surface area (Å²) in [7, 11) is 0. The van der Waals surface area contributed by atoms with Gasteiger partial charge in [-0.25, -0.2) is 0 Å². The highest BCUT2D eigenvalue weighted by atomic mass is 35.5. The van der Waals surface area contributed by atoms with Crippen LogP contribution in [0.4, 0.5) is 0 Å². The van der Waals surface area contributed by atoms with E-state index in [0.29, 0.717) is 11.4 Å². The first-order chi connectivity index (χ1) is 10.6. The molecule has 2 atom stereocenters. The van der Waals surface area contributed by atoms with Gasteiger partial charge in [0.15, 0.2) is 0 Å². The molecule has 3 nitrogen and oxygen atoms in total. The fraction of sp³-hybridized carbons (Fsp3) is 0.278. The largest absolute Gasteiger partial charge is 0.461 e. The zero-order valence-electron chi connectivity index (χ0n) is 12.5. The normalized spacial score (nSPS) is 13.4. The molecule has 0 aliphatic heterocycles. The second-order valence-electron chi connectivity index (χ2n) is 5.39. The maximum absolute atomic E-state index is 12.3. The predicted octanol–water partition coefficient (Wildman–Crippen LogP) is 3.59. The molecule has 4 heteroatoms. The van der Waals surface area contributed by atoms with Crippen molar-refractivity contribution in [3.8, 4) is 0 Å². The summed E-state index contributed by atoms with van der Waals surface area (Å²) in [4.78, 5) is 12.3. The number of carbonyl (C=O) groups is 1. The van der Waals surface area contributed by atoms with Crippen LogP contribution in [-0.4, -0.2) is 12.0 Å². The maximum atomic E-state index is 12.3. The van der Waals surface area contributed by atoms with Gasteiger partial charge in [0.1, 0.15) is 6.61 Å². The van der Waals surface area contributed by atoms with Gasteiger partial charge in [0.05, 0.1) is 5.92 Å². The molecule has 0 aromatic heterocycles. The van der Waals surface area contributed by atoms with E-state index in [0.717, 1.165) is 11.1 Å². The third-order valence-electron chi connectivity index (χ3n) is 3.53. The van der Waals surface area contributed by atoms with Crippen LogP contribution in [0.25, 0.3) is 0 Å². The molecule has 0 saturated carbocycles. The fourth-order valence-corrected chi connectivity index (χ4v) is 2.32. The molecule has 0 saturated heterocycles. The van der Waals surface area contributed by atoms with E-state index >= 15 is 0 Å². The van der Waals surface area contributed by atoms with E-state index in [9.17, 15) is 4.79 Å². The van der Waals surface area contributed by atoms with E-state index in [1.807, 2.05) is 61.5 Å². The summed E-state index contributed by atoms with van der Waals surface area (Å²) in [5.74, 6) is -0.640. The van der Waals surface area contributed by atoms with Gasteiger partial charge < -0.3 is 10.5 Å². The molecule has 116 valence electrons. The topological polar surface area (TPSA) is 52.3 Å². The quantitative estimate of drug-likeness (QED) is 0.828. The van der Waals surface area contributed by atoms with Gasteiger partial charge in [-0.3, -0.25) is 4.79 Å². The minimum Gasteiger partial charge on any atom is -0.461 e. The first-order valence-corrected chi connectivity index (χ1v) is 7.64. The first kappa shape index (κ1) is 16.5. The lowest BCUT2D eigenvalue weighted by Crippen LogP contribution is -2.35. The Morgan fingerprint density at radius 1 is 1.09 bits per heavy atom. The summed E-state index contributed by atoms with van der Waals surface area (Å²) >= 11 is 5.87. The van der Waals surface area contributed by atoms with Gasteiger partial charge in [-0.05, 0) is 36.6 Å². The van der Waals surface area contributed by atoms with E-state index in [4.69, 9.17) is 22.1 Å². The highest BCUT2D eigenvalue weighted by Gasteiger charge is 2.24. The summed E-state index contributed by atoms with van der Waals surface area (Å²) < 4.78 is 5.40. The van der Waals surface area contributed by atoms with Crippen LogP contribution in [0.2, 0.25) is 5.02 Å². The minimum absolute atomic E-state index is 0.267. The van der Waals surface area contributed by atoms with Crippen molar-refractivity contribution >= 4 is 17.6 Å². The molecule has 2 rings (SSSR count). The SMILES string of the molecule is C[C@@H](N)[C@@H](Cc1ccc(Cl)cc1)C(=O)OCc1ccccc1. The van der Waals surface area contributed by atoms with Gasteiger partial charge in [0.25, 0.3) is 0 Å². The molecular formula is C18H20ClNO2. The van der Waals surface area contributed by atoms with Gasteiger partial charge in [-0.1, -0.05) is 54.1 Å². The van der Waals surface area contributed by atoms with E-state index in [1.54, 1.807) is 0 Å². The van der Waals surface area contributed by atoms with Crippen molar-refractivity contribution in [1.82, 2.24) is 0 Å². The predicted molar refractivity (Wildman–Crippen MR) is 88.5 cm³/mol. The number of nitrogens with two attached hydrogens (primary N) is 1. The van der Waals surface area contributed by atoms with Gasteiger partial charge in [-0.2, -0.15) is 0 Å². The molecule has 2 aromatic rings. The van der Waals surface area contributed by atoms with E-state index < -0.39 is 0 Å². The summed E-state index contributed by atoms with van der Waals surface area (Å²) in [6.07, 6.45) is 0.544. The zero-order chi connectivity index (χ0) is 15.9. The van der Waals surface area contributed by atoms with Gasteiger partial charge in [-0.15, -0.1) is 0 Å². The molecule has 0 spiro atoms. The summed E-state index contributed by atoms with van der Waals surface area (Å²) in [6, 6.07) is 16.8. The number of esters is 1. The average Bonchev–Trinajstić information content (AvgIpc) is 2.52. The summed E-state index contributed by atoms with van der Waals surface area (Å²) in [5, 5.41) is 0.674. The lowest BCUT2D eigenvalue weighted by Gasteiger charge is -2.19. The van der Waals surface area contributed by atoms with Crippen molar-refractivity contribution in [1.29, 1.82) is 0 Å². The third-order valence-corrected chi connectivity index (χ3v) is 3.78. The standard InChI is InChI=1S/C18H20ClNO2/c1-13(20)17(11-14-7-9-16(19)10-8-14)18(21)22-12-15-5-3-2-4-6-15/h2-10,13,17H,11-12,20H2,1H3/t13-,17-/m1/s1. The Kier molecular flexibility index (Phi) is 5.99.